The number of nitrogens with zero attached hydrogens (tertiary/aromatic N) is 1. The topological polar surface area (TPSA) is 92.8 Å². The predicted octanol–water partition coefficient (Wildman–Crippen LogP) is 3.45. The monoisotopic (exact) mass is 442 g/mol. The molecule has 2 aromatic rings. The Bertz CT molecular complexity index is 1010. The average molecular weight is 443 g/mol. The number of carbonyl (C=O) groups is 2. The number of carbonyl (C=O) groups excluding carboxylic acids is 2. The highest BCUT2D eigenvalue weighted by atomic mass is 35.5. The summed E-state index contributed by atoms with van der Waals surface area (Å²) in [5, 5.41) is 2.36. The first-order chi connectivity index (χ1) is 13.6. The molecular weight excluding hydrogens is 423 g/mol. The number of rotatable bonds is 7. The first kappa shape index (κ1) is 22.6. The number of hydrogen-bond acceptors (Lipinski definition) is 5. The first-order valence-corrected chi connectivity index (χ1v) is 10.7. The van der Waals surface area contributed by atoms with Crippen molar-refractivity contribution < 1.29 is 27.1 Å². The number of halogens is 2. The molecule has 0 bridgehead atoms. The summed E-state index contributed by atoms with van der Waals surface area (Å²) in [4.78, 5) is 24.3. The summed E-state index contributed by atoms with van der Waals surface area (Å²) in [6.07, 6.45) is 1.10. The molecule has 0 aliphatic carbocycles. The quantitative estimate of drug-likeness (QED) is 0.663. The molecule has 0 radical (unpaired) electrons. The number of amides is 1. The molecule has 0 unspecified atom stereocenters. The van der Waals surface area contributed by atoms with E-state index in [1.807, 2.05) is 0 Å². The molecule has 0 aliphatic heterocycles. The number of benzene rings is 2. The van der Waals surface area contributed by atoms with Gasteiger partial charge in [-0.2, -0.15) is 0 Å². The standard InChI is InChI=1S/C19H20ClFN2O5S/c1-4-17(18(24)22-13-7-5-12(6-8-13)19(25)28-2)23(29(3,26)27)14-9-10-16(21)15(20)11-14/h5-11,17H,4H2,1-3H3,(H,22,24)/t17-/m1/s1. The third-order valence-electron chi connectivity index (χ3n) is 4.06. The van der Waals surface area contributed by atoms with E-state index in [-0.39, 0.29) is 17.1 Å². The maximum atomic E-state index is 13.5. The van der Waals surface area contributed by atoms with Gasteiger partial charge in [-0.05, 0) is 48.9 Å². The van der Waals surface area contributed by atoms with E-state index in [2.05, 4.69) is 10.1 Å². The molecule has 0 aromatic heterocycles. The lowest BCUT2D eigenvalue weighted by molar-refractivity contribution is -0.117. The number of ether oxygens (including phenoxy) is 1. The van der Waals surface area contributed by atoms with Crippen molar-refractivity contribution in [2.75, 3.05) is 23.0 Å². The second kappa shape index (κ2) is 9.23. The summed E-state index contributed by atoms with van der Waals surface area (Å²) in [6, 6.07) is 8.25. The fourth-order valence-corrected chi connectivity index (χ4v) is 4.09. The van der Waals surface area contributed by atoms with E-state index in [0.29, 0.717) is 11.3 Å². The molecule has 0 heterocycles. The summed E-state index contributed by atoms with van der Waals surface area (Å²) < 4.78 is 43.8. The Morgan fingerprint density at radius 1 is 1.21 bits per heavy atom. The first-order valence-electron chi connectivity index (χ1n) is 8.52. The molecular formula is C19H20ClFN2O5S. The van der Waals surface area contributed by atoms with Gasteiger partial charge in [0.2, 0.25) is 15.9 Å². The zero-order chi connectivity index (χ0) is 21.8. The maximum Gasteiger partial charge on any atom is 0.337 e. The van der Waals surface area contributed by atoms with Crippen molar-refractivity contribution in [2.24, 2.45) is 0 Å². The minimum atomic E-state index is -3.89. The molecule has 0 saturated carbocycles. The highest BCUT2D eigenvalue weighted by Crippen LogP contribution is 2.27. The van der Waals surface area contributed by atoms with Gasteiger partial charge in [0.05, 0.1) is 29.6 Å². The van der Waals surface area contributed by atoms with Crippen molar-refractivity contribution in [3.63, 3.8) is 0 Å². The number of anilines is 2. The van der Waals surface area contributed by atoms with E-state index in [1.54, 1.807) is 6.92 Å². The molecule has 29 heavy (non-hydrogen) atoms. The molecule has 7 nitrogen and oxygen atoms in total. The molecule has 2 rings (SSSR count). The van der Waals surface area contributed by atoms with Crippen LogP contribution in [0, 0.1) is 5.82 Å². The lowest BCUT2D eigenvalue weighted by Gasteiger charge is -2.30. The summed E-state index contributed by atoms with van der Waals surface area (Å²) >= 11 is 5.78. The van der Waals surface area contributed by atoms with Crippen LogP contribution < -0.4 is 9.62 Å². The third-order valence-corrected chi connectivity index (χ3v) is 5.53. The van der Waals surface area contributed by atoms with Gasteiger partial charge >= 0.3 is 5.97 Å². The van der Waals surface area contributed by atoms with E-state index in [9.17, 15) is 22.4 Å². The Morgan fingerprint density at radius 2 is 1.83 bits per heavy atom. The normalized spacial score (nSPS) is 12.2. The van der Waals surface area contributed by atoms with Crippen LogP contribution in [0.1, 0.15) is 23.7 Å². The van der Waals surface area contributed by atoms with Crippen molar-refractivity contribution >= 4 is 44.9 Å². The van der Waals surface area contributed by atoms with Crippen LogP contribution in [0.15, 0.2) is 42.5 Å². The van der Waals surface area contributed by atoms with Crippen LogP contribution in [0.25, 0.3) is 0 Å². The number of nitrogens with one attached hydrogen (secondary N) is 1. The van der Waals surface area contributed by atoms with E-state index in [1.165, 1.54) is 37.4 Å². The van der Waals surface area contributed by atoms with Gasteiger partial charge in [0.25, 0.3) is 0 Å². The zero-order valence-electron chi connectivity index (χ0n) is 16.0. The average Bonchev–Trinajstić information content (AvgIpc) is 2.67. The molecule has 0 fully saturated rings. The summed E-state index contributed by atoms with van der Waals surface area (Å²) in [6.45, 7) is 1.65. The van der Waals surface area contributed by atoms with Gasteiger partial charge in [0.15, 0.2) is 0 Å². The Morgan fingerprint density at radius 3 is 2.31 bits per heavy atom. The third kappa shape index (κ3) is 5.45. The van der Waals surface area contributed by atoms with E-state index in [4.69, 9.17) is 11.6 Å². The zero-order valence-corrected chi connectivity index (χ0v) is 17.6. The van der Waals surface area contributed by atoms with Crippen molar-refractivity contribution in [3.8, 4) is 0 Å². The molecule has 1 amide bonds. The molecule has 156 valence electrons. The van der Waals surface area contributed by atoms with Crippen LogP contribution in [0.4, 0.5) is 15.8 Å². The molecule has 0 spiro atoms. The highest BCUT2D eigenvalue weighted by molar-refractivity contribution is 7.92. The van der Waals surface area contributed by atoms with E-state index < -0.39 is 33.8 Å². The molecule has 0 aliphatic rings. The number of hydrogen-bond donors (Lipinski definition) is 1. The van der Waals surface area contributed by atoms with Crippen molar-refractivity contribution in [1.29, 1.82) is 0 Å². The van der Waals surface area contributed by atoms with Crippen molar-refractivity contribution in [2.45, 2.75) is 19.4 Å². The minimum absolute atomic E-state index is 0.0712. The molecule has 10 heteroatoms. The second-order valence-electron chi connectivity index (χ2n) is 6.14. The fraction of sp³-hybridized carbons (Fsp3) is 0.263. The fourth-order valence-electron chi connectivity index (χ4n) is 2.72. The minimum Gasteiger partial charge on any atom is -0.465 e. The summed E-state index contributed by atoms with van der Waals surface area (Å²) in [7, 11) is -2.63. The smallest absolute Gasteiger partial charge is 0.337 e. The SMILES string of the molecule is CC[C@H](C(=O)Nc1ccc(C(=O)OC)cc1)N(c1ccc(F)c(Cl)c1)S(C)(=O)=O. The predicted molar refractivity (Wildman–Crippen MR) is 109 cm³/mol. The number of sulfonamides is 1. The van der Waals surface area contributed by atoms with Crippen LogP contribution in [0.5, 0.6) is 0 Å². The van der Waals surface area contributed by atoms with Crippen LogP contribution >= 0.6 is 11.6 Å². The van der Waals surface area contributed by atoms with E-state index in [0.717, 1.165) is 22.7 Å². The number of esters is 1. The lowest BCUT2D eigenvalue weighted by Crippen LogP contribution is -2.47. The largest absolute Gasteiger partial charge is 0.465 e. The van der Waals surface area contributed by atoms with Crippen molar-refractivity contribution in [3.05, 3.63) is 58.9 Å². The van der Waals surface area contributed by atoms with Gasteiger partial charge in [-0.15, -0.1) is 0 Å². The van der Waals surface area contributed by atoms with Crippen LogP contribution in [0.3, 0.4) is 0 Å². The van der Waals surface area contributed by atoms with E-state index >= 15 is 0 Å². The van der Waals surface area contributed by atoms with Gasteiger partial charge in [-0.3, -0.25) is 9.10 Å². The Kier molecular flexibility index (Phi) is 7.21. The number of methoxy groups -OCH3 is 1. The Labute approximate surface area is 173 Å². The van der Waals surface area contributed by atoms with Crippen LogP contribution in [-0.4, -0.2) is 39.7 Å². The Balaban J connectivity index is 2.33. The molecule has 0 saturated heterocycles. The maximum absolute atomic E-state index is 13.5. The lowest BCUT2D eigenvalue weighted by atomic mass is 10.1. The van der Waals surface area contributed by atoms with Crippen molar-refractivity contribution in [1.82, 2.24) is 0 Å². The van der Waals surface area contributed by atoms with Gasteiger partial charge in [0.1, 0.15) is 11.9 Å². The summed E-state index contributed by atoms with van der Waals surface area (Å²) in [5.74, 6) is -1.82. The van der Waals surface area contributed by atoms with Gasteiger partial charge in [0, 0.05) is 5.69 Å². The van der Waals surface area contributed by atoms with Crippen LogP contribution in [0.2, 0.25) is 5.02 Å². The van der Waals surface area contributed by atoms with Gasteiger partial charge in [-0.25, -0.2) is 17.6 Å². The van der Waals surface area contributed by atoms with Gasteiger partial charge in [-0.1, -0.05) is 18.5 Å². The highest BCUT2D eigenvalue weighted by Gasteiger charge is 2.32. The van der Waals surface area contributed by atoms with Crippen LogP contribution in [-0.2, 0) is 19.6 Å². The molecule has 1 N–H and O–H groups in total. The second-order valence-corrected chi connectivity index (χ2v) is 8.41. The molecule has 2 aromatic carbocycles. The molecule has 1 atom stereocenters. The van der Waals surface area contributed by atoms with Gasteiger partial charge < -0.3 is 10.1 Å². The summed E-state index contributed by atoms with van der Waals surface area (Å²) in [5.41, 5.74) is 0.741. The Hall–Kier alpha value is -2.65.